The number of phenolic OH excluding ortho intramolecular Hbond substituents is 1. The first-order chi connectivity index (χ1) is 16.1. The molecule has 3 rings (SSSR count). The molecule has 3 aromatic carbocycles. The Kier molecular flexibility index (Phi) is 7.49. The fourth-order valence-corrected chi connectivity index (χ4v) is 3.39. The highest BCUT2D eigenvalue weighted by Crippen LogP contribution is 2.39. The van der Waals surface area contributed by atoms with Gasteiger partial charge in [-0.05, 0) is 24.3 Å². The van der Waals surface area contributed by atoms with Gasteiger partial charge < -0.3 is 19.9 Å². The van der Waals surface area contributed by atoms with Gasteiger partial charge in [0.1, 0.15) is 17.2 Å². The largest absolute Gasteiger partial charge is 0.504 e. The van der Waals surface area contributed by atoms with Gasteiger partial charge >= 0.3 is 5.97 Å². The van der Waals surface area contributed by atoms with Crippen LogP contribution in [0.5, 0.6) is 17.2 Å². The van der Waals surface area contributed by atoms with Gasteiger partial charge in [0.05, 0.1) is 23.2 Å². The number of hydrogen-bond donors (Lipinski definition) is 3. The summed E-state index contributed by atoms with van der Waals surface area (Å²) in [6.07, 6.45) is 2.04. The van der Waals surface area contributed by atoms with Crippen LogP contribution in [-0.2, 0) is 14.8 Å². The zero-order valence-electron chi connectivity index (χ0n) is 18.2. The van der Waals surface area contributed by atoms with Crippen LogP contribution in [0.1, 0.15) is 17.3 Å². The molecular formula is C23H21N3O7S. The zero-order valence-corrected chi connectivity index (χ0v) is 19.0. The fraction of sp³-hybridized carbons (Fsp3) is 0.0870. The number of nitrogens with one attached hydrogen (secondary N) is 2. The number of anilines is 2. The van der Waals surface area contributed by atoms with Crippen molar-refractivity contribution in [3.8, 4) is 17.2 Å². The number of hydrogen-bond acceptors (Lipinski definition) is 8. The number of carbonyl (C=O) groups is 2. The number of aliphatic imine (C=N–C) groups is 1. The summed E-state index contributed by atoms with van der Waals surface area (Å²) >= 11 is 0. The van der Waals surface area contributed by atoms with Crippen molar-refractivity contribution in [3.63, 3.8) is 0 Å². The van der Waals surface area contributed by atoms with E-state index in [4.69, 9.17) is 9.47 Å². The molecule has 10 nitrogen and oxygen atoms in total. The summed E-state index contributed by atoms with van der Waals surface area (Å²) in [5.74, 6) is -1.26. The van der Waals surface area contributed by atoms with Crippen LogP contribution in [0, 0.1) is 0 Å². The van der Waals surface area contributed by atoms with Crippen LogP contribution in [0.15, 0.2) is 71.7 Å². The van der Waals surface area contributed by atoms with E-state index in [2.05, 4.69) is 15.0 Å². The van der Waals surface area contributed by atoms with Crippen LogP contribution in [0.2, 0.25) is 0 Å². The van der Waals surface area contributed by atoms with Gasteiger partial charge in [0, 0.05) is 19.1 Å². The van der Waals surface area contributed by atoms with Crippen molar-refractivity contribution in [1.82, 2.24) is 0 Å². The first-order valence-corrected chi connectivity index (χ1v) is 11.7. The molecule has 176 valence electrons. The maximum absolute atomic E-state index is 12.9. The second kappa shape index (κ2) is 10.5. The molecule has 0 saturated carbocycles. The van der Waals surface area contributed by atoms with E-state index in [1.807, 2.05) is 6.07 Å². The van der Waals surface area contributed by atoms with E-state index < -0.39 is 27.6 Å². The van der Waals surface area contributed by atoms with Crippen LogP contribution in [0.4, 0.5) is 17.1 Å². The number of aromatic hydroxyl groups is 1. The Balaban J connectivity index is 1.92. The van der Waals surface area contributed by atoms with Crippen molar-refractivity contribution in [3.05, 3.63) is 72.3 Å². The standard InChI is InChI=1S/C23H21N3O7S/c1-15(27)33-17-12-20(24-14-32-16-8-4-3-5-9-16)22(28)21(13-17)25-23(29)18-10-6-7-11-19(18)26-34(2,30)31/h3-14,26,28H,1-2H3,(H,25,29). The Morgan fingerprint density at radius 1 is 0.971 bits per heavy atom. The number of para-hydroxylation sites is 2. The number of nitrogens with zero attached hydrogens (tertiary/aromatic N) is 1. The molecule has 0 radical (unpaired) electrons. The van der Waals surface area contributed by atoms with Gasteiger partial charge in [-0.1, -0.05) is 30.3 Å². The summed E-state index contributed by atoms with van der Waals surface area (Å²) in [7, 11) is -3.64. The molecular weight excluding hydrogens is 462 g/mol. The highest BCUT2D eigenvalue weighted by atomic mass is 32.2. The molecule has 34 heavy (non-hydrogen) atoms. The number of carbonyl (C=O) groups excluding carboxylic acids is 2. The minimum absolute atomic E-state index is 0.00248. The third kappa shape index (κ3) is 6.81. The third-order valence-corrected chi connectivity index (χ3v) is 4.75. The van der Waals surface area contributed by atoms with Gasteiger partial charge in [0.25, 0.3) is 5.91 Å². The highest BCUT2D eigenvalue weighted by molar-refractivity contribution is 7.92. The Morgan fingerprint density at radius 3 is 2.32 bits per heavy atom. The fourth-order valence-electron chi connectivity index (χ4n) is 2.81. The Labute approximate surface area is 195 Å². The average Bonchev–Trinajstić information content (AvgIpc) is 2.76. The summed E-state index contributed by atoms with van der Waals surface area (Å²) in [4.78, 5) is 28.4. The molecule has 11 heteroatoms. The summed E-state index contributed by atoms with van der Waals surface area (Å²) in [5.41, 5.74) is -0.118. The molecule has 3 N–H and O–H groups in total. The molecule has 1 amide bonds. The second-order valence-corrected chi connectivity index (χ2v) is 8.72. The normalized spacial score (nSPS) is 11.1. The molecule has 0 aliphatic rings. The molecule has 0 unspecified atom stereocenters. The van der Waals surface area contributed by atoms with E-state index in [1.54, 1.807) is 36.4 Å². The molecule has 0 aliphatic heterocycles. The molecule has 0 spiro atoms. The minimum atomic E-state index is -3.64. The van der Waals surface area contributed by atoms with Crippen molar-refractivity contribution in [2.45, 2.75) is 6.92 Å². The van der Waals surface area contributed by atoms with E-state index >= 15 is 0 Å². The van der Waals surface area contributed by atoms with Crippen LogP contribution >= 0.6 is 0 Å². The maximum Gasteiger partial charge on any atom is 0.308 e. The highest BCUT2D eigenvalue weighted by Gasteiger charge is 2.18. The number of sulfonamides is 1. The van der Waals surface area contributed by atoms with E-state index in [1.165, 1.54) is 31.2 Å². The third-order valence-electron chi connectivity index (χ3n) is 4.16. The van der Waals surface area contributed by atoms with Crippen LogP contribution in [0.25, 0.3) is 0 Å². The number of esters is 1. The summed E-state index contributed by atoms with van der Waals surface area (Å²) in [5, 5.41) is 13.1. The van der Waals surface area contributed by atoms with E-state index in [-0.39, 0.29) is 28.4 Å². The van der Waals surface area contributed by atoms with E-state index in [9.17, 15) is 23.1 Å². The van der Waals surface area contributed by atoms with Crippen molar-refractivity contribution in [2.24, 2.45) is 4.99 Å². The van der Waals surface area contributed by atoms with Crippen molar-refractivity contribution in [1.29, 1.82) is 0 Å². The van der Waals surface area contributed by atoms with Crippen LogP contribution in [-0.4, -0.2) is 38.1 Å². The number of benzene rings is 3. The molecule has 3 aromatic rings. The molecule has 0 fully saturated rings. The maximum atomic E-state index is 12.9. The predicted octanol–water partition coefficient (Wildman–Crippen LogP) is 3.68. The Morgan fingerprint density at radius 2 is 1.65 bits per heavy atom. The smallest absolute Gasteiger partial charge is 0.308 e. The molecule has 0 heterocycles. The predicted molar refractivity (Wildman–Crippen MR) is 127 cm³/mol. The van der Waals surface area contributed by atoms with Gasteiger partial charge in [0.15, 0.2) is 12.2 Å². The van der Waals surface area contributed by atoms with Crippen LogP contribution < -0.4 is 19.5 Å². The lowest BCUT2D eigenvalue weighted by Gasteiger charge is -2.14. The van der Waals surface area contributed by atoms with Crippen molar-refractivity contribution < 1.29 is 32.6 Å². The van der Waals surface area contributed by atoms with E-state index in [0.717, 1.165) is 12.7 Å². The molecule has 0 atom stereocenters. The minimum Gasteiger partial charge on any atom is -0.504 e. The van der Waals surface area contributed by atoms with E-state index in [0.29, 0.717) is 5.75 Å². The second-order valence-electron chi connectivity index (χ2n) is 6.97. The zero-order chi connectivity index (χ0) is 24.7. The summed E-state index contributed by atoms with van der Waals surface area (Å²) in [6.45, 7) is 1.19. The lowest BCUT2D eigenvalue weighted by atomic mass is 10.1. The molecule has 0 aromatic heterocycles. The first-order valence-electron chi connectivity index (χ1n) is 9.80. The number of ether oxygens (including phenoxy) is 2. The summed E-state index contributed by atoms with van der Waals surface area (Å²) < 4.78 is 36.0. The van der Waals surface area contributed by atoms with Gasteiger partial charge in [0.2, 0.25) is 10.0 Å². The van der Waals surface area contributed by atoms with Gasteiger partial charge in [-0.3, -0.25) is 14.3 Å². The molecule has 0 aliphatic carbocycles. The Bertz CT molecular complexity index is 1340. The number of amides is 1. The van der Waals surface area contributed by atoms with Crippen molar-refractivity contribution in [2.75, 3.05) is 16.3 Å². The van der Waals surface area contributed by atoms with Gasteiger partial charge in [-0.25, -0.2) is 13.4 Å². The number of rotatable bonds is 8. The Hall–Kier alpha value is -4.38. The average molecular weight is 484 g/mol. The SMILES string of the molecule is CC(=O)Oc1cc(N=COc2ccccc2)c(O)c(NC(=O)c2ccccc2NS(C)(=O)=O)c1. The topological polar surface area (TPSA) is 143 Å². The summed E-state index contributed by atoms with van der Waals surface area (Å²) in [6, 6.07) is 17.2. The van der Waals surface area contributed by atoms with Crippen molar-refractivity contribution >= 4 is 45.4 Å². The quantitative estimate of drug-likeness (QED) is 0.146. The van der Waals surface area contributed by atoms with Gasteiger partial charge in [-0.15, -0.1) is 0 Å². The lowest BCUT2D eigenvalue weighted by Crippen LogP contribution is -2.17. The lowest BCUT2D eigenvalue weighted by molar-refractivity contribution is -0.131. The first kappa shape index (κ1) is 24.3. The molecule has 0 bridgehead atoms. The van der Waals surface area contributed by atoms with Crippen LogP contribution in [0.3, 0.4) is 0 Å². The molecule has 0 saturated heterocycles. The monoisotopic (exact) mass is 483 g/mol. The number of phenols is 1. The van der Waals surface area contributed by atoms with Gasteiger partial charge in [-0.2, -0.15) is 0 Å².